The lowest BCUT2D eigenvalue weighted by molar-refractivity contribution is 0.232. The number of benzene rings is 2. The number of anilines is 2. The normalized spacial score (nSPS) is 21.3. The molecule has 0 bridgehead atoms. The van der Waals surface area contributed by atoms with Crippen LogP contribution in [0.3, 0.4) is 0 Å². The van der Waals surface area contributed by atoms with E-state index in [-0.39, 0.29) is 0 Å². The number of nitrogens with zero attached hydrogens (tertiary/aromatic N) is 5. The second-order valence-corrected chi connectivity index (χ2v) is 8.87. The first-order chi connectivity index (χ1) is 14.9. The van der Waals surface area contributed by atoms with Gasteiger partial charge in [0.1, 0.15) is 0 Å². The molecule has 0 saturated carbocycles. The van der Waals surface area contributed by atoms with Crippen LogP contribution in [0.2, 0.25) is 0 Å². The first-order valence-corrected chi connectivity index (χ1v) is 11.5. The van der Waals surface area contributed by atoms with Gasteiger partial charge in [-0.15, -0.1) is 0 Å². The van der Waals surface area contributed by atoms with Crippen molar-refractivity contribution in [3.05, 3.63) is 59.7 Å². The van der Waals surface area contributed by atoms with Crippen LogP contribution in [0, 0.1) is 0 Å². The van der Waals surface area contributed by atoms with E-state index in [9.17, 15) is 0 Å². The van der Waals surface area contributed by atoms with Crippen molar-refractivity contribution in [3.8, 4) is 0 Å². The predicted octanol–water partition coefficient (Wildman–Crippen LogP) is 4.04. The van der Waals surface area contributed by atoms with E-state index < -0.39 is 0 Å². The molecule has 0 spiro atoms. The highest BCUT2D eigenvalue weighted by atomic mass is 15.4. The molecule has 2 aromatic carbocycles. The fourth-order valence-electron chi connectivity index (χ4n) is 5.43. The lowest BCUT2D eigenvalue weighted by Crippen LogP contribution is -2.49. The van der Waals surface area contributed by atoms with E-state index in [1.807, 2.05) is 0 Å². The summed E-state index contributed by atoms with van der Waals surface area (Å²) in [5.41, 5.74) is 4.95. The smallest absolute Gasteiger partial charge is 0.173 e. The van der Waals surface area contributed by atoms with Crippen LogP contribution in [0.5, 0.6) is 0 Å². The number of rotatable bonds is 3. The van der Waals surface area contributed by atoms with Crippen LogP contribution in [0.25, 0.3) is 11.0 Å². The molecule has 0 amide bonds. The predicted molar refractivity (Wildman–Crippen MR) is 122 cm³/mol. The zero-order chi connectivity index (χ0) is 19.9. The van der Waals surface area contributed by atoms with E-state index >= 15 is 0 Å². The molecule has 3 aliphatic rings. The van der Waals surface area contributed by atoms with Gasteiger partial charge >= 0.3 is 0 Å². The zero-order valence-corrected chi connectivity index (χ0v) is 17.5. The summed E-state index contributed by atoms with van der Waals surface area (Å²) in [6.07, 6.45) is 5.14. The molecule has 4 heterocycles. The molecule has 1 aromatic heterocycles. The molecule has 5 heteroatoms. The molecule has 3 aliphatic heterocycles. The molecule has 6 rings (SSSR count). The molecule has 1 saturated heterocycles. The van der Waals surface area contributed by atoms with Gasteiger partial charge in [0.05, 0.1) is 17.1 Å². The number of para-hydroxylation sites is 2. The maximum absolute atomic E-state index is 5.13. The van der Waals surface area contributed by atoms with Crippen LogP contribution in [0.4, 0.5) is 11.6 Å². The van der Waals surface area contributed by atoms with Gasteiger partial charge < -0.3 is 14.7 Å². The summed E-state index contributed by atoms with van der Waals surface area (Å²) < 4.78 is 0. The van der Waals surface area contributed by atoms with Crippen LogP contribution in [0.15, 0.2) is 48.5 Å². The minimum atomic E-state index is 0.360. The maximum Gasteiger partial charge on any atom is 0.173 e. The van der Waals surface area contributed by atoms with Crippen LogP contribution < -0.4 is 9.80 Å². The first-order valence-electron chi connectivity index (χ1n) is 11.5. The Morgan fingerprint density at radius 2 is 1.50 bits per heavy atom. The second-order valence-electron chi connectivity index (χ2n) is 8.87. The molecule has 30 heavy (non-hydrogen) atoms. The highest BCUT2D eigenvalue weighted by Gasteiger charge is 2.37. The third-order valence-electron chi connectivity index (χ3n) is 7.05. The summed E-state index contributed by atoms with van der Waals surface area (Å²) in [5.74, 6) is 2.14. The zero-order valence-electron chi connectivity index (χ0n) is 17.5. The van der Waals surface area contributed by atoms with Gasteiger partial charge in [-0.05, 0) is 55.6 Å². The van der Waals surface area contributed by atoms with Gasteiger partial charge in [0.2, 0.25) is 0 Å². The summed E-state index contributed by atoms with van der Waals surface area (Å²) in [6, 6.07) is 17.6. The van der Waals surface area contributed by atoms with E-state index in [2.05, 4.69) is 63.2 Å². The van der Waals surface area contributed by atoms with Crippen LogP contribution in [-0.2, 0) is 6.42 Å². The number of hydrogen-bond donors (Lipinski definition) is 0. The van der Waals surface area contributed by atoms with Gasteiger partial charge in [0, 0.05) is 26.2 Å². The Morgan fingerprint density at radius 1 is 0.767 bits per heavy atom. The van der Waals surface area contributed by atoms with E-state index in [0.29, 0.717) is 6.04 Å². The number of aromatic nitrogens is 2. The Labute approximate surface area is 178 Å². The van der Waals surface area contributed by atoms with Crippen molar-refractivity contribution in [2.24, 2.45) is 0 Å². The standard InChI is InChI=1S/C25H29N5/c1-6-13-28(14-7-1)16-17-29-18-23-20-9-3-2-8-19(20)12-15-30(23)25-24(29)26-21-10-4-5-11-22(21)27-25/h2-5,8-11,23H,1,6-7,12-18H2. The Kier molecular flexibility index (Phi) is 4.56. The van der Waals surface area contributed by atoms with Crippen molar-refractivity contribution in [1.29, 1.82) is 0 Å². The molecule has 5 nitrogen and oxygen atoms in total. The Balaban J connectivity index is 1.39. The fourth-order valence-corrected chi connectivity index (χ4v) is 5.43. The lowest BCUT2D eigenvalue weighted by atomic mass is 9.91. The fraction of sp³-hybridized carbons (Fsp3) is 0.440. The highest BCUT2D eigenvalue weighted by Crippen LogP contribution is 2.42. The largest absolute Gasteiger partial charge is 0.350 e. The number of likely N-dealkylation sites (tertiary alicyclic amines) is 1. The molecular formula is C25H29N5. The molecule has 3 aromatic rings. The molecule has 0 N–H and O–H groups in total. The molecular weight excluding hydrogens is 370 g/mol. The summed E-state index contributed by atoms with van der Waals surface area (Å²) in [6.45, 7) is 6.62. The van der Waals surface area contributed by atoms with E-state index in [0.717, 1.165) is 55.3 Å². The van der Waals surface area contributed by atoms with Crippen molar-refractivity contribution >= 4 is 22.7 Å². The Bertz CT molecular complexity index is 1060. The van der Waals surface area contributed by atoms with E-state index in [1.165, 1.54) is 43.5 Å². The Hall–Kier alpha value is -2.66. The van der Waals surface area contributed by atoms with Crippen molar-refractivity contribution in [2.45, 2.75) is 31.7 Å². The van der Waals surface area contributed by atoms with Crippen LogP contribution in [0.1, 0.15) is 36.4 Å². The molecule has 1 unspecified atom stereocenters. The summed E-state index contributed by atoms with van der Waals surface area (Å²) in [7, 11) is 0. The molecule has 0 radical (unpaired) electrons. The van der Waals surface area contributed by atoms with Gasteiger partial charge in [-0.25, -0.2) is 9.97 Å². The van der Waals surface area contributed by atoms with Crippen LogP contribution >= 0.6 is 0 Å². The van der Waals surface area contributed by atoms with Crippen molar-refractivity contribution < 1.29 is 0 Å². The third-order valence-corrected chi connectivity index (χ3v) is 7.05. The van der Waals surface area contributed by atoms with Gasteiger partial charge in [0.15, 0.2) is 11.6 Å². The number of fused-ring (bicyclic) bond motifs is 6. The first kappa shape index (κ1) is 18.1. The minimum absolute atomic E-state index is 0.360. The highest BCUT2D eigenvalue weighted by molar-refractivity contribution is 5.82. The van der Waals surface area contributed by atoms with E-state index in [1.54, 1.807) is 0 Å². The Morgan fingerprint density at radius 3 is 2.33 bits per heavy atom. The van der Waals surface area contributed by atoms with Gasteiger partial charge in [0.25, 0.3) is 0 Å². The van der Waals surface area contributed by atoms with E-state index in [4.69, 9.17) is 9.97 Å². The lowest BCUT2D eigenvalue weighted by Gasteiger charge is -2.46. The van der Waals surface area contributed by atoms with Gasteiger partial charge in [-0.3, -0.25) is 0 Å². The topological polar surface area (TPSA) is 35.5 Å². The average molecular weight is 400 g/mol. The average Bonchev–Trinajstić information content (AvgIpc) is 2.82. The number of hydrogen-bond acceptors (Lipinski definition) is 5. The molecule has 154 valence electrons. The quantitative estimate of drug-likeness (QED) is 0.664. The van der Waals surface area contributed by atoms with Crippen molar-refractivity contribution in [2.75, 3.05) is 49.1 Å². The maximum atomic E-state index is 5.13. The van der Waals surface area contributed by atoms with Crippen molar-refractivity contribution in [1.82, 2.24) is 14.9 Å². The SMILES string of the molecule is c1ccc2c(c1)CCN1c3nc4ccccc4nc3N(CCN3CCCCC3)CC21. The van der Waals surface area contributed by atoms with Crippen LogP contribution in [-0.4, -0.2) is 54.1 Å². The molecule has 1 atom stereocenters. The summed E-state index contributed by atoms with van der Waals surface area (Å²) >= 11 is 0. The molecule has 1 fully saturated rings. The summed E-state index contributed by atoms with van der Waals surface area (Å²) in [5, 5.41) is 0. The van der Waals surface area contributed by atoms with Gasteiger partial charge in [-0.2, -0.15) is 0 Å². The monoisotopic (exact) mass is 399 g/mol. The summed E-state index contributed by atoms with van der Waals surface area (Å²) in [4.78, 5) is 17.9. The van der Waals surface area contributed by atoms with Gasteiger partial charge in [-0.1, -0.05) is 42.8 Å². The minimum Gasteiger partial charge on any atom is -0.350 e. The number of piperidine rings is 1. The third kappa shape index (κ3) is 3.12. The molecule has 0 aliphatic carbocycles. The second kappa shape index (κ2) is 7.55. The van der Waals surface area contributed by atoms with Crippen molar-refractivity contribution in [3.63, 3.8) is 0 Å².